The minimum Gasteiger partial charge on any atom is -0.479 e. The third-order valence-electron chi connectivity index (χ3n) is 4.40. The summed E-state index contributed by atoms with van der Waals surface area (Å²) in [4.78, 5) is 13.5. The second-order valence-corrected chi connectivity index (χ2v) is 5.53. The second kappa shape index (κ2) is 6.53. The third-order valence-corrected chi connectivity index (χ3v) is 4.40. The lowest BCUT2D eigenvalue weighted by Crippen LogP contribution is -2.51. The van der Waals surface area contributed by atoms with Crippen molar-refractivity contribution in [1.82, 2.24) is 4.90 Å². The number of carboxylic acids is 1. The van der Waals surface area contributed by atoms with Crippen molar-refractivity contribution in [2.24, 2.45) is 5.92 Å². The van der Waals surface area contributed by atoms with Crippen LogP contribution in [0.3, 0.4) is 0 Å². The Morgan fingerprint density at radius 2 is 2.06 bits per heavy atom. The van der Waals surface area contributed by atoms with Gasteiger partial charge in [0.25, 0.3) is 0 Å². The van der Waals surface area contributed by atoms with Crippen molar-refractivity contribution in [2.75, 3.05) is 19.7 Å². The molecule has 4 nitrogen and oxygen atoms in total. The molecular formula is C14H25NO3. The van der Waals surface area contributed by atoms with Crippen molar-refractivity contribution in [3.63, 3.8) is 0 Å². The van der Waals surface area contributed by atoms with Crippen LogP contribution < -0.4 is 0 Å². The van der Waals surface area contributed by atoms with Crippen LogP contribution in [-0.2, 0) is 9.53 Å². The zero-order valence-corrected chi connectivity index (χ0v) is 11.3. The van der Waals surface area contributed by atoms with Gasteiger partial charge in [-0.2, -0.15) is 0 Å². The number of aliphatic carboxylic acids is 1. The first-order valence-electron chi connectivity index (χ1n) is 7.30. The molecule has 1 N–H and O–H groups in total. The van der Waals surface area contributed by atoms with Gasteiger partial charge in [0.2, 0.25) is 0 Å². The molecule has 4 heteroatoms. The van der Waals surface area contributed by atoms with E-state index in [1.807, 2.05) is 6.92 Å². The molecule has 0 spiro atoms. The number of hydrogen-bond donors (Lipinski definition) is 1. The van der Waals surface area contributed by atoms with Gasteiger partial charge in [0.05, 0.1) is 0 Å². The normalized spacial score (nSPS) is 30.7. The van der Waals surface area contributed by atoms with Gasteiger partial charge in [-0.3, -0.25) is 4.90 Å². The maximum absolute atomic E-state index is 11.2. The predicted molar refractivity (Wildman–Crippen MR) is 69.6 cm³/mol. The van der Waals surface area contributed by atoms with Gasteiger partial charge in [-0.1, -0.05) is 12.8 Å². The Bertz CT molecular complexity index is 280. The highest BCUT2D eigenvalue weighted by Crippen LogP contribution is 2.35. The number of carboxylic acid groups (broad SMARTS) is 1. The van der Waals surface area contributed by atoms with Crippen molar-refractivity contribution >= 4 is 5.97 Å². The van der Waals surface area contributed by atoms with Gasteiger partial charge in [0.15, 0.2) is 6.10 Å². The number of carbonyl (C=O) groups is 1. The van der Waals surface area contributed by atoms with Crippen molar-refractivity contribution in [3.05, 3.63) is 0 Å². The SMILES string of the molecule is CCOC(CN1CCC[C@H]2CCCC[C@H]21)C(=O)O. The monoisotopic (exact) mass is 255 g/mol. The molecule has 0 aromatic carbocycles. The maximum Gasteiger partial charge on any atom is 0.334 e. The minimum absolute atomic E-state index is 0.471. The molecule has 0 amide bonds. The molecule has 1 aliphatic carbocycles. The number of likely N-dealkylation sites (tertiary alicyclic amines) is 1. The Hall–Kier alpha value is -0.610. The fraction of sp³-hybridized carbons (Fsp3) is 0.929. The second-order valence-electron chi connectivity index (χ2n) is 5.53. The van der Waals surface area contributed by atoms with Crippen LogP contribution in [0.15, 0.2) is 0 Å². The molecule has 104 valence electrons. The Morgan fingerprint density at radius 1 is 1.33 bits per heavy atom. The van der Waals surface area contributed by atoms with Crippen LogP contribution in [0.1, 0.15) is 45.4 Å². The smallest absolute Gasteiger partial charge is 0.334 e. The van der Waals surface area contributed by atoms with Gasteiger partial charge < -0.3 is 9.84 Å². The van der Waals surface area contributed by atoms with Crippen molar-refractivity contribution in [3.8, 4) is 0 Å². The summed E-state index contributed by atoms with van der Waals surface area (Å²) in [5, 5.41) is 9.18. The zero-order chi connectivity index (χ0) is 13.0. The molecular weight excluding hydrogens is 230 g/mol. The summed E-state index contributed by atoms with van der Waals surface area (Å²) in [5.74, 6) is -0.0293. The summed E-state index contributed by atoms with van der Waals surface area (Å²) in [5.41, 5.74) is 0. The van der Waals surface area contributed by atoms with Crippen molar-refractivity contribution < 1.29 is 14.6 Å². The molecule has 3 atom stereocenters. The molecule has 1 heterocycles. The average Bonchev–Trinajstić information content (AvgIpc) is 2.38. The van der Waals surface area contributed by atoms with Gasteiger partial charge in [-0.05, 0) is 45.1 Å². The quantitative estimate of drug-likeness (QED) is 0.817. The molecule has 2 aliphatic rings. The fourth-order valence-electron chi connectivity index (χ4n) is 3.57. The third kappa shape index (κ3) is 3.23. The largest absolute Gasteiger partial charge is 0.479 e. The van der Waals surface area contributed by atoms with Crippen molar-refractivity contribution in [1.29, 1.82) is 0 Å². The summed E-state index contributed by atoms with van der Waals surface area (Å²) >= 11 is 0. The fourth-order valence-corrected chi connectivity index (χ4v) is 3.57. The summed E-state index contributed by atoms with van der Waals surface area (Å²) < 4.78 is 5.34. The molecule has 0 aromatic rings. The van der Waals surface area contributed by atoms with Crippen LogP contribution >= 0.6 is 0 Å². The summed E-state index contributed by atoms with van der Waals surface area (Å²) in [7, 11) is 0. The van der Waals surface area contributed by atoms with E-state index in [0.717, 1.165) is 12.5 Å². The number of rotatable bonds is 5. The van der Waals surface area contributed by atoms with Gasteiger partial charge >= 0.3 is 5.97 Å². The van der Waals surface area contributed by atoms with E-state index >= 15 is 0 Å². The van der Waals surface area contributed by atoms with Crippen molar-refractivity contribution in [2.45, 2.75) is 57.6 Å². The van der Waals surface area contributed by atoms with E-state index in [-0.39, 0.29) is 0 Å². The first kappa shape index (κ1) is 13.8. The lowest BCUT2D eigenvalue weighted by molar-refractivity contribution is -0.152. The van der Waals surface area contributed by atoms with Crippen LogP contribution in [0.4, 0.5) is 0 Å². The Morgan fingerprint density at radius 3 is 2.78 bits per heavy atom. The molecule has 1 aliphatic heterocycles. The van der Waals surface area contributed by atoms with Gasteiger partial charge in [-0.25, -0.2) is 4.79 Å². The molecule has 1 saturated heterocycles. The summed E-state index contributed by atoms with van der Waals surface area (Å²) in [6.07, 6.45) is 7.09. The first-order chi connectivity index (χ1) is 8.72. The van der Waals surface area contributed by atoms with Crippen LogP contribution in [-0.4, -0.2) is 47.8 Å². The van der Waals surface area contributed by atoms with Gasteiger partial charge in [0.1, 0.15) is 0 Å². The van der Waals surface area contributed by atoms with Crippen LogP contribution in [0, 0.1) is 5.92 Å². The Labute approximate surface area is 109 Å². The highest BCUT2D eigenvalue weighted by molar-refractivity contribution is 5.72. The molecule has 2 fully saturated rings. The molecule has 0 aromatic heterocycles. The first-order valence-corrected chi connectivity index (χ1v) is 7.30. The van der Waals surface area contributed by atoms with E-state index in [1.54, 1.807) is 0 Å². The van der Waals surface area contributed by atoms with Crippen LogP contribution in [0.25, 0.3) is 0 Å². The molecule has 18 heavy (non-hydrogen) atoms. The van der Waals surface area contributed by atoms with Crippen LogP contribution in [0.2, 0.25) is 0 Å². The van der Waals surface area contributed by atoms with E-state index in [9.17, 15) is 9.90 Å². The number of hydrogen-bond acceptors (Lipinski definition) is 3. The molecule has 0 bridgehead atoms. The molecule has 2 rings (SSSR count). The zero-order valence-electron chi connectivity index (χ0n) is 11.3. The van der Waals surface area contributed by atoms with Gasteiger partial charge in [-0.15, -0.1) is 0 Å². The Balaban J connectivity index is 1.95. The maximum atomic E-state index is 11.2. The number of ether oxygens (including phenoxy) is 1. The van der Waals surface area contributed by atoms with E-state index in [1.165, 1.54) is 38.5 Å². The van der Waals surface area contributed by atoms with E-state index in [0.29, 0.717) is 19.2 Å². The van der Waals surface area contributed by atoms with E-state index in [4.69, 9.17) is 4.74 Å². The number of piperidine rings is 1. The lowest BCUT2D eigenvalue weighted by atomic mass is 9.78. The topological polar surface area (TPSA) is 49.8 Å². The summed E-state index contributed by atoms with van der Waals surface area (Å²) in [6, 6.07) is 0.606. The predicted octanol–water partition coefficient (Wildman–Crippen LogP) is 2.13. The van der Waals surface area contributed by atoms with E-state index < -0.39 is 12.1 Å². The minimum atomic E-state index is -0.824. The highest BCUT2D eigenvalue weighted by Gasteiger charge is 2.35. The number of fused-ring (bicyclic) bond motifs is 1. The molecule has 1 unspecified atom stereocenters. The van der Waals surface area contributed by atoms with Crippen LogP contribution in [0.5, 0.6) is 0 Å². The standard InChI is InChI=1S/C14H25NO3/c1-2-18-13(14(16)17)10-15-9-5-7-11-6-3-4-8-12(11)15/h11-13H,2-10H2,1H3,(H,16,17)/t11-,12-,13?/m1/s1. The Kier molecular flexibility index (Phi) is 5.01. The average molecular weight is 255 g/mol. The van der Waals surface area contributed by atoms with Gasteiger partial charge in [0, 0.05) is 19.2 Å². The highest BCUT2D eigenvalue weighted by atomic mass is 16.5. The number of nitrogens with zero attached hydrogens (tertiary/aromatic N) is 1. The summed E-state index contributed by atoms with van der Waals surface area (Å²) in [6.45, 7) is 3.93. The molecule has 1 saturated carbocycles. The van der Waals surface area contributed by atoms with E-state index in [2.05, 4.69) is 4.90 Å². The lowest BCUT2D eigenvalue weighted by Gasteiger charge is -2.44. The molecule has 0 radical (unpaired) electrons.